The fourth-order valence-electron chi connectivity index (χ4n) is 5.41. The number of hydrogen-bond acceptors (Lipinski definition) is 6. The van der Waals surface area contributed by atoms with Gasteiger partial charge in [0.05, 0.1) is 5.69 Å². The number of aliphatic imine (C=N–C) groups is 2. The molecule has 3 aliphatic heterocycles. The van der Waals surface area contributed by atoms with Crippen molar-refractivity contribution in [1.82, 2.24) is 4.98 Å². The molecule has 6 unspecified atom stereocenters. The van der Waals surface area contributed by atoms with Gasteiger partial charge in [0.2, 0.25) is 0 Å². The van der Waals surface area contributed by atoms with Gasteiger partial charge in [-0.1, -0.05) is 41.0 Å². The quantitative estimate of drug-likeness (QED) is 0.314. The van der Waals surface area contributed by atoms with Crippen LogP contribution in [0, 0.1) is 24.7 Å². The molecule has 0 aromatic carbocycles. The van der Waals surface area contributed by atoms with Crippen LogP contribution in [0.5, 0.6) is 0 Å². The summed E-state index contributed by atoms with van der Waals surface area (Å²) >= 11 is 1.06. The maximum atomic E-state index is 8.74. The van der Waals surface area contributed by atoms with Crippen molar-refractivity contribution in [1.29, 1.82) is 0 Å². The van der Waals surface area contributed by atoms with Crippen molar-refractivity contribution in [2.24, 2.45) is 27.7 Å². The van der Waals surface area contributed by atoms with E-state index in [-0.39, 0.29) is 6.04 Å². The van der Waals surface area contributed by atoms with E-state index in [0.29, 0.717) is 29.8 Å². The van der Waals surface area contributed by atoms with Crippen LogP contribution in [0.1, 0.15) is 43.6 Å². The predicted molar refractivity (Wildman–Crippen MR) is 149 cm³/mol. The molecule has 6 atom stereocenters. The summed E-state index contributed by atoms with van der Waals surface area (Å²) in [6.07, 6.45) is 21.3. The number of hydrogen-bond donors (Lipinski definition) is 2. The van der Waals surface area contributed by atoms with Gasteiger partial charge in [-0.2, -0.15) is 8.42 Å². The third kappa shape index (κ3) is 7.75. The standard InChI is InChI=1S/C14H17N2.C14H14N2.H2O4S.O.V/c2*1-9-5-7-15-13-11(9)3-4-12-10(2)6-8-16-14(12)13;1-5(2,3)4;;/h3-7,11-14H,8H2,1-2H3;3-8,11,13H,1-2H3;(H2,1,2,3,4);;/q-1;;;;. The molecule has 207 valence electrons. The molecule has 0 spiro atoms. The minimum absolute atomic E-state index is 0.185. The van der Waals surface area contributed by atoms with Crippen molar-refractivity contribution >= 4 is 28.9 Å². The average molecular weight is 589 g/mol. The van der Waals surface area contributed by atoms with Gasteiger partial charge in [-0.25, -0.2) is 0 Å². The summed E-state index contributed by atoms with van der Waals surface area (Å²) in [6, 6.07) is 2.94. The molecule has 5 aliphatic rings. The molecule has 0 saturated carbocycles. The number of dihydropyridines is 2. The molecule has 0 saturated heterocycles. The van der Waals surface area contributed by atoms with Gasteiger partial charge < -0.3 is 5.32 Å². The zero-order chi connectivity index (χ0) is 28.7. The van der Waals surface area contributed by atoms with Crippen LogP contribution in [-0.2, 0) is 31.4 Å². The summed E-state index contributed by atoms with van der Waals surface area (Å²) < 4.78 is 39.8. The summed E-state index contributed by atoms with van der Waals surface area (Å²) in [5.41, 5.74) is 7.88. The molecular weight excluding hydrogens is 555 g/mol. The Bertz CT molecular complexity index is 1370. The number of rotatable bonds is 0. The van der Waals surface area contributed by atoms with Crippen molar-refractivity contribution in [3.8, 4) is 0 Å². The predicted octanol–water partition coefficient (Wildman–Crippen LogP) is 5.22. The molecule has 0 fully saturated rings. The topological polar surface area (TPSA) is 143 Å². The molecule has 0 bridgehead atoms. The second-order valence-electron chi connectivity index (χ2n) is 9.85. The number of fused-ring (bicyclic) bond motifs is 6. The Morgan fingerprint density at radius 1 is 0.897 bits per heavy atom. The van der Waals surface area contributed by atoms with Crippen LogP contribution >= 0.6 is 0 Å². The third-order valence-corrected chi connectivity index (χ3v) is 7.43. The number of pyridine rings is 1. The van der Waals surface area contributed by atoms with Crippen LogP contribution in [0.15, 0.2) is 75.4 Å². The molecule has 0 amide bonds. The summed E-state index contributed by atoms with van der Waals surface area (Å²) in [5, 5.41) is 4.75. The maximum absolute atomic E-state index is 8.74. The van der Waals surface area contributed by atoms with Crippen molar-refractivity contribution in [3.63, 3.8) is 0 Å². The van der Waals surface area contributed by atoms with E-state index in [4.69, 9.17) is 26.5 Å². The first kappa shape index (κ1) is 30.9. The van der Waals surface area contributed by atoms with Crippen LogP contribution in [0.25, 0.3) is 11.4 Å². The molecule has 11 heteroatoms. The fraction of sp³-hybridized carbons (Fsp3) is 0.393. The molecular formula is C28H33N4O5SV-. The van der Waals surface area contributed by atoms with Gasteiger partial charge in [0.15, 0.2) is 0 Å². The molecule has 2 N–H and O–H groups in total. The van der Waals surface area contributed by atoms with E-state index in [1.807, 2.05) is 18.6 Å². The Balaban J connectivity index is 0.000000175. The number of nitrogens with zero attached hydrogens (tertiary/aromatic N) is 4. The van der Waals surface area contributed by atoms with E-state index in [1.165, 1.54) is 27.8 Å². The second kappa shape index (κ2) is 13.7. The van der Waals surface area contributed by atoms with E-state index in [9.17, 15) is 0 Å². The first-order valence-electron chi connectivity index (χ1n) is 12.5. The van der Waals surface area contributed by atoms with E-state index in [1.54, 1.807) is 0 Å². The van der Waals surface area contributed by atoms with Crippen molar-refractivity contribution in [3.05, 3.63) is 87.6 Å². The van der Waals surface area contributed by atoms with Crippen LogP contribution in [0.3, 0.4) is 0 Å². The van der Waals surface area contributed by atoms with E-state index >= 15 is 0 Å². The van der Waals surface area contributed by atoms with Gasteiger partial charge >= 0.3 is 31.4 Å². The van der Waals surface area contributed by atoms with Gasteiger partial charge in [0, 0.05) is 42.1 Å². The van der Waals surface area contributed by atoms with Gasteiger partial charge in [-0.05, 0) is 57.4 Å². The van der Waals surface area contributed by atoms with Gasteiger partial charge in [0.1, 0.15) is 6.04 Å². The number of aryl methyl sites for hydroxylation is 1. The van der Waals surface area contributed by atoms with E-state index in [0.717, 1.165) is 29.6 Å². The van der Waals surface area contributed by atoms with E-state index in [2.05, 4.69) is 91.3 Å². The van der Waals surface area contributed by atoms with E-state index < -0.39 is 10.4 Å². The molecule has 1 aromatic heterocycles. The van der Waals surface area contributed by atoms with Crippen LogP contribution in [0.4, 0.5) is 0 Å². The Kier molecular flexibility index (Phi) is 10.8. The summed E-state index contributed by atoms with van der Waals surface area (Å²) in [6.45, 7) is 9.56. The molecule has 39 heavy (non-hydrogen) atoms. The SMILES string of the molecule is CC1=CC=NC2C1C=CC1C(C)=CC[N-]C12.CC1=CC=NC2c3nccc(C)c3C=CC12.O=S(=O)(O)O.[O]=[V]. The zero-order valence-electron chi connectivity index (χ0n) is 22.3. The van der Waals surface area contributed by atoms with Gasteiger partial charge in [-0.15, -0.1) is 18.7 Å². The second-order valence-corrected chi connectivity index (χ2v) is 10.7. The van der Waals surface area contributed by atoms with Crippen molar-refractivity contribution in [2.45, 2.75) is 45.8 Å². The van der Waals surface area contributed by atoms with Gasteiger partial charge in [-0.3, -0.25) is 24.1 Å². The molecule has 2 aliphatic carbocycles. The summed E-state index contributed by atoms with van der Waals surface area (Å²) in [7, 11) is -4.67. The molecule has 9 nitrogen and oxygen atoms in total. The Hall–Kier alpha value is -2.60. The third-order valence-electron chi connectivity index (χ3n) is 7.43. The Morgan fingerprint density at radius 2 is 1.51 bits per heavy atom. The zero-order valence-corrected chi connectivity index (χ0v) is 24.5. The summed E-state index contributed by atoms with van der Waals surface area (Å²) in [5.74, 6) is 1.35. The monoisotopic (exact) mass is 588 g/mol. The van der Waals surface area contributed by atoms with Crippen molar-refractivity contribution in [2.75, 3.05) is 6.54 Å². The summed E-state index contributed by atoms with van der Waals surface area (Å²) in [4.78, 5) is 13.7. The molecule has 4 heterocycles. The molecule has 0 radical (unpaired) electrons. The minimum atomic E-state index is -4.67. The average Bonchev–Trinajstić information content (AvgIpc) is 2.90. The van der Waals surface area contributed by atoms with Crippen LogP contribution < -0.4 is 0 Å². The first-order chi connectivity index (χ1) is 18.5. The molecule has 1 aromatic rings. The van der Waals surface area contributed by atoms with Gasteiger partial charge in [0.25, 0.3) is 0 Å². The Labute approximate surface area is 239 Å². The first-order valence-corrected chi connectivity index (χ1v) is 14.4. The number of aromatic nitrogens is 1. The normalized spacial score (nSPS) is 29.0. The van der Waals surface area contributed by atoms with Crippen LogP contribution in [0.2, 0.25) is 0 Å². The Morgan fingerprint density at radius 3 is 2.21 bits per heavy atom. The van der Waals surface area contributed by atoms with Crippen LogP contribution in [-0.4, -0.2) is 53.6 Å². The van der Waals surface area contributed by atoms with Crippen molar-refractivity contribution < 1.29 is 38.6 Å². The fourth-order valence-corrected chi connectivity index (χ4v) is 5.41. The molecule has 6 rings (SSSR count). The number of allylic oxidation sites excluding steroid dienone is 2.